The topological polar surface area (TPSA) is 8.88 Å². The molecular weight excluding hydrogens is 244 g/mol. The smallest absolute Gasteiger partial charge is 0.127 e. The third-order valence-corrected chi connectivity index (χ3v) is 6.07. The molecule has 1 saturated carbocycles. The van der Waals surface area contributed by atoms with Gasteiger partial charge in [-0.25, -0.2) is 0 Å². The molecule has 1 heterocycles. The van der Waals surface area contributed by atoms with Gasteiger partial charge in [0.2, 0.25) is 0 Å². The molecule has 0 unspecified atom stereocenters. The minimum Gasteiger partial charge on any atom is -0.325 e. The fraction of sp³-hybridized carbons (Fsp3) is 0.889. The highest BCUT2D eigenvalue weighted by Crippen LogP contribution is 2.22. The summed E-state index contributed by atoms with van der Waals surface area (Å²) in [5, 5.41) is 0. The predicted octanol–water partition coefficient (Wildman–Crippen LogP) is 0.705. The fourth-order valence-corrected chi connectivity index (χ4v) is 4.79. The monoisotopic (exact) mass is 278 g/mol. The zero-order chi connectivity index (χ0) is 13.8. The van der Waals surface area contributed by atoms with Crippen molar-refractivity contribution in [3.05, 3.63) is 12.2 Å². The number of hydrogen-bond donors (Lipinski definition) is 2. The van der Waals surface area contributed by atoms with Crippen molar-refractivity contribution in [1.29, 1.82) is 0 Å². The molecule has 2 aliphatic carbocycles. The van der Waals surface area contributed by atoms with Gasteiger partial charge in [0, 0.05) is 12.3 Å². The van der Waals surface area contributed by atoms with Gasteiger partial charge < -0.3 is 9.80 Å². The first-order chi connectivity index (χ1) is 9.81. The second kappa shape index (κ2) is 7.09. The van der Waals surface area contributed by atoms with Crippen LogP contribution in [0.4, 0.5) is 0 Å². The van der Waals surface area contributed by atoms with Crippen molar-refractivity contribution in [3.8, 4) is 0 Å². The number of rotatable bonds is 3. The number of hydrogen-bond acceptors (Lipinski definition) is 0. The largest absolute Gasteiger partial charge is 0.325 e. The predicted molar refractivity (Wildman–Crippen MR) is 84.2 cm³/mol. The van der Waals surface area contributed by atoms with E-state index in [9.17, 15) is 0 Å². The first-order valence-corrected chi connectivity index (χ1v) is 9.14. The second-order valence-electron chi connectivity index (χ2n) is 7.73. The third-order valence-electron chi connectivity index (χ3n) is 6.07. The molecule has 2 N–H and O–H groups in total. The molecule has 1 saturated heterocycles. The van der Waals surface area contributed by atoms with Gasteiger partial charge in [-0.15, -0.1) is 0 Å². The highest BCUT2D eigenvalue weighted by Gasteiger charge is 2.32. The third kappa shape index (κ3) is 3.85. The molecule has 0 spiro atoms. The lowest BCUT2D eigenvalue weighted by Crippen LogP contribution is -3.29. The van der Waals surface area contributed by atoms with Crippen molar-refractivity contribution in [2.45, 2.75) is 57.9 Å². The maximum Gasteiger partial charge on any atom is 0.127 e. The van der Waals surface area contributed by atoms with E-state index in [2.05, 4.69) is 19.1 Å². The average Bonchev–Trinajstić information content (AvgIpc) is 2.49. The minimum atomic E-state index is 0.978. The van der Waals surface area contributed by atoms with Crippen LogP contribution in [0.1, 0.15) is 51.9 Å². The molecule has 0 aromatic heterocycles. The lowest BCUT2D eigenvalue weighted by Gasteiger charge is -2.38. The molecule has 1 aliphatic heterocycles. The quantitative estimate of drug-likeness (QED) is 0.704. The summed E-state index contributed by atoms with van der Waals surface area (Å²) in [6, 6.07) is 0.998. The van der Waals surface area contributed by atoms with E-state index in [1.165, 1.54) is 77.7 Å². The summed E-state index contributed by atoms with van der Waals surface area (Å²) in [5.74, 6) is 1.96. The molecule has 3 rings (SSSR count). The van der Waals surface area contributed by atoms with Crippen LogP contribution in [-0.2, 0) is 0 Å². The van der Waals surface area contributed by atoms with Gasteiger partial charge in [0.05, 0.1) is 12.6 Å². The number of allylic oxidation sites excluding steroid dienone is 2. The maximum absolute atomic E-state index is 2.46. The zero-order valence-corrected chi connectivity index (χ0v) is 13.4. The Morgan fingerprint density at radius 3 is 2.55 bits per heavy atom. The molecule has 0 amide bonds. The van der Waals surface area contributed by atoms with E-state index in [4.69, 9.17) is 0 Å². The van der Waals surface area contributed by atoms with Gasteiger partial charge in [-0.3, -0.25) is 0 Å². The van der Waals surface area contributed by atoms with Gasteiger partial charge in [0.15, 0.2) is 0 Å². The van der Waals surface area contributed by atoms with Gasteiger partial charge in [0.25, 0.3) is 0 Å². The van der Waals surface area contributed by atoms with Gasteiger partial charge in [-0.1, -0.05) is 25.5 Å². The van der Waals surface area contributed by atoms with Crippen molar-refractivity contribution in [2.75, 3.05) is 32.7 Å². The maximum atomic E-state index is 2.46. The molecule has 0 aromatic carbocycles. The summed E-state index contributed by atoms with van der Waals surface area (Å²) >= 11 is 0. The van der Waals surface area contributed by atoms with E-state index in [0.717, 1.165) is 17.9 Å². The van der Waals surface area contributed by atoms with Gasteiger partial charge in [0.1, 0.15) is 26.2 Å². The molecule has 3 aliphatic rings. The normalized spacial score (nSPS) is 42.5. The molecule has 20 heavy (non-hydrogen) atoms. The summed E-state index contributed by atoms with van der Waals surface area (Å²) in [4.78, 5) is 3.85. The molecular formula is C18H34N2+2. The molecule has 114 valence electrons. The summed E-state index contributed by atoms with van der Waals surface area (Å²) in [6.07, 6.45) is 14.9. The number of nitrogens with one attached hydrogen (secondary N) is 2. The van der Waals surface area contributed by atoms with E-state index in [1.807, 2.05) is 9.80 Å². The molecule has 2 heteroatoms. The van der Waals surface area contributed by atoms with Crippen molar-refractivity contribution in [3.63, 3.8) is 0 Å². The second-order valence-corrected chi connectivity index (χ2v) is 7.73. The molecule has 2 fully saturated rings. The van der Waals surface area contributed by atoms with Crippen molar-refractivity contribution >= 4 is 0 Å². The van der Waals surface area contributed by atoms with Crippen molar-refractivity contribution < 1.29 is 9.80 Å². The molecule has 0 bridgehead atoms. The first kappa shape index (κ1) is 14.6. The standard InChI is InChI=1S/C18H32N2/c1-16-6-5-9-18(14-16)20-12-10-19(11-13-20)15-17-7-3-2-4-8-17/h2-3,16-18H,4-15H2,1H3/p+2/t16-,17-,18-/m0/s1. The van der Waals surface area contributed by atoms with Crippen LogP contribution in [0.5, 0.6) is 0 Å². The lowest BCUT2D eigenvalue weighted by atomic mass is 9.86. The Morgan fingerprint density at radius 1 is 1.00 bits per heavy atom. The molecule has 0 aromatic rings. The van der Waals surface area contributed by atoms with Crippen LogP contribution in [-0.4, -0.2) is 38.8 Å². The Labute approximate surface area is 125 Å². The van der Waals surface area contributed by atoms with Crippen LogP contribution >= 0.6 is 0 Å². The number of piperazine rings is 1. The SMILES string of the molecule is C[C@H]1CCC[C@H]([NH+]2CC[NH+](C[C@H]3CC=CCC3)CC2)C1. The van der Waals surface area contributed by atoms with Gasteiger partial charge in [-0.05, 0) is 38.0 Å². The number of quaternary nitrogens is 2. The highest BCUT2D eigenvalue weighted by atomic mass is 15.3. The van der Waals surface area contributed by atoms with E-state index in [-0.39, 0.29) is 0 Å². The fourth-order valence-electron chi connectivity index (χ4n) is 4.79. The van der Waals surface area contributed by atoms with Crippen LogP contribution in [0.3, 0.4) is 0 Å². The van der Waals surface area contributed by atoms with E-state index < -0.39 is 0 Å². The molecule has 0 radical (unpaired) electrons. The van der Waals surface area contributed by atoms with Crippen LogP contribution in [0.15, 0.2) is 12.2 Å². The van der Waals surface area contributed by atoms with E-state index >= 15 is 0 Å². The Morgan fingerprint density at radius 2 is 1.85 bits per heavy atom. The Kier molecular flexibility index (Phi) is 5.17. The molecule has 2 nitrogen and oxygen atoms in total. The summed E-state index contributed by atoms with van der Waals surface area (Å²) in [5.41, 5.74) is 0. The Balaban J connectivity index is 1.41. The van der Waals surface area contributed by atoms with Crippen LogP contribution in [0, 0.1) is 11.8 Å². The van der Waals surface area contributed by atoms with Crippen molar-refractivity contribution in [1.82, 2.24) is 0 Å². The average molecular weight is 278 g/mol. The van der Waals surface area contributed by atoms with Gasteiger partial charge >= 0.3 is 0 Å². The lowest BCUT2D eigenvalue weighted by molar-refractivity contribution is -1.03. The highest BCUT2D eigenvalue weighted by molar-refractivity contribution is 4.89. The van der Waals surface area contributed by atoms with Crippen LogP contribution < -0.4 is 9.80 Å². The molecule has 3 atom stereocenters. The Bertz CT molecular complexity index is 317. The summed E-state index contributed by atoms with van der Waals surface area (Å²) in [7, 11) is 0. The summed E-state index contributed by atoms with van der Waals surface area (Å²) in [6.45, 7) is 9.65. The zero-order valence-electron chi connectivity index (χ0n) is 13.4. The van der Waals surface area contributed by atoms with Crippen LogP contribution in [0.25, 0.3) is 0 Å². The minimum absolute atomic E-state index is 0.978. The van der Waals surface area contributed by atoms with Gasteiger partial charge in [-0.2, -0.15) is 0 Å². The van der Waals surface area contributed by atoms with Crippen LogP contribution in [0.2, 0.25) is 0 Å². The van der Waals surface area contributed by atoms with E-state index in [1.54, 1.807) is 0 Å². The Hall–Kier alpha value is -0.340. The van der Waals surface area contributed by atoms with Crippen molar-refractivity contribution in [2.24, 2.45) is 11.8 Å². The first-order valence-electron chi connectivity index (χ1n) is 9.14. The summed E-state index contributed by atoms with van der Waals surface area (Å²) < 4.78 is 0. The van der Waals surface area contributed by atoms with E-state index in [0.29, 0.717) is 0 Å².